The van der Waals surface area contributed by atoms with Gasteiger partial charge in [0.1, 0.15) is 0 Å². The fraction of sp³-hybridized carbons (Fsp3) is 1.00. The van der Waals surface area contributed by atoms with E-state index in [0.717, 1.165) is 5.88 Å². The van der Waals surface area contributed by atoms with E-state index in [2.05, 4.69) is 6.92 Å². The van der Waals surface area contributed by atoms with Crippen LogP contribution in [0.15, 0.2) is 0 Å². The van der Waals surface area contributed by atoms with Crippen molar-refractivity contribution in [1.82, 2.24) is 0 Å². The van der Waals surface area contributed by atoms with E-state index in [-0.39, 0.29) is 0 Å². The zero-order valence-corrected chi connectivity index (χ0v) is 8.38. The highest BCUT2D eigenvalue weighted by Crippen LogP contribution is 1.93. The summed E-state index contributed by atoms with van der Waals surface area (Å²) in [5.41, 5.74) is 0. The molecule has 0 amide bonds. The number of unbranched alkanes of at least 4 members (excludes halogenated alkanes) is 2. The van der Waals surface area contributed by atoms with Crippen LogP contribution >= 0.6 is 11.6 Å². The number of hydrogen-bond donors (Lipinski definition) is 2. The van der Waals surface area contributed by atoms with Crippen LogP contribution in [-0.2, 0) is 0 Å². The summed E-state index contributed by atoms with van der Waals surface area (Å²) in [6, 6.07) is 0. The maximum absolute atomic E-state index is 8.36. The molecule has 0 bridgehead atoms. The van der Waals surface area contributed by atoms with E-state index in [1.54, 1.807) is 0 Å². The fourth-order valence-electron chi connectivity index (χ4n) is 0.344. The molecule has 0 rings (SSSR count). The molecule has 0 atom stereocenters. The van der Waals surface area contributed by atoms with Crippen molar-refractivity contribution in [2.45, 2.75) is 26.2 Å². The van der Waals surface area contributed by atoms with E-state index in [1.165, 1.54) is 19.3 Å². The molecule has 86 valence electrons. The average molecular weight is 233 g/mol. The van der Waals surface area contributed by atoms with Crippen LogP contribution in [0.4, 0.5) is 0 Å². The molecule has 0 aromatic carbocycles. The second kappa shape index (κ2) is 17.7. The van der Waals surface area contributed by atoms with Gasteiger partial charge in [-0.2, -0.15) is 0 Å². The number of nitrogens with zero attached hydrogens (tertiary/aromatic N) is 2. The molecule has 9 heteroatoms. The van der Waals surface area contributed by atoms with Gasteiger partial charge in [-0.1, -0.05) is 19.8 Å². The maximum atomic E-state index is 8.36. The van der Waals surface area contributed by atoms with Crippen molar-refractivity contribution < 1.29 is 20.6 Å². The molecule has 8 nitrogen and oxygen atoms in total. The average Bonchev–Trinajstić information content (AvgIpc) is 1.98. The predicted octanol–water partition coefficient (Wildman–Crippen LogP) is 1.72. The first-order valence-corrected chi connectivity index (χ1v) is 4.14. The lowest BCUT2D eigenvalue weighted by atomic mass is 10.3. The second-order valence-electron chi connectivity index (χ2n) is 1.87. The molecular formula is C5H13ClN2O6. The van der Waals surface area contributed by atoms with Crippen LogP contribution in [0.3, 0.4) is 0 Å². The Hall–Kier alpha value is -1.31. The van der Waals surface area contributed by atoms with Gasteiger partial charge in [0.05, 0.1) is 0 Å². The lowest BCUT2D eigenvalue weighted by Gasteiger charge is -1.84. The highest BCUT2D eigenvalue weighted by Gasteiger charge is 1.76. The van der Waals surface area contributed by atoms with Gasteiger partial charge < -0.3 is 10.4 Å². The molecule has 0 radical (unpaired) electrons. The number of alkyl halides is 1. The molecule has 14 heavy (non-hydrogen) atoms. The molecule has 0 aliphatic carbocycles. The molecule has 0 aliphatic rings. The van der Waals surface area contributed by atoms with E-state index in [9.17, 15) is 0 Å². The van der Waals surface area contributed by atoms with Crippen LogP contribution in [0.5, 0.6) is 0 Å². The Morgan fingerprint density at radius 1 is 1.14 bits per heavy atom. The molecule has 0 aromatic rings. The molecule has 0 heterocycles. The van der Waals surface area contributed by atoms with Crippen molar-refractivity contribution >= 4 is 11.6 Å². The fourth-order valence-corrected chi connectivity index (χ4v) is 0.533. The third kappa shape index (κ3) is 351. The van der Waals surface area contributed by atoms with Crippen LogP contribution in [0, 0.1) is 20.2 Å². The Morgan fingerprint density at radius 3 is 1.50 bits per heavy atom. The van der Waals surface area contributed by atoms with Gasteiger partial charge >= 0.3 is 0 Å². The third-order valence-electron chi connectivity index (χ3n) is 0.737. The first-order valence-electron chi connectivity index (χ1n) is 3.60. The maximum Gasteiger partial charge on any atom is 0.291 e. The predicted molar refractivity (Wildman–Crippen MR) is 47.8 cm³/mol. The Balaban J connectivity index is -0.000000135. The van der Waals surface area contributed by atoms with Crippen LogP contribution in [0.1, 0.15) is 26.2 Å². The van der Waals surface area contributed by atoms with Gasteiger partial charge in [0, 0.05) is 5.88 Å². The highest BCUT2D eigenvalue weighted by atomic mass is 35.5. The summed E-state index contributed by atoms with van der Waals surface area (Å²) in [5.74, 6) is 0.827. The van der Waals surface area contributed by atoms with Crippen LogP contribution in [0.2, 0.25) is 0 Å². The van der Waals surface area contributed by atoms with Gasteiger partial charge in [0.15, 0.2) is 0 Å². The molecule has 0 fully saturated rings. The summed E-state index contributed by atoms with van der Waals surface area (Å²) in [4.78, 5) is 16.7. The van der Waals surface area contributed by atoms with Crippen molar-refractivity contribution in [3.05, 3.63) is 20.2 Å². The van der Waals surface area contributed by atoms with E-state index in [0.29, 0.717) is 0 Å². The molecular weight excluding hydrogens is 220 g/mol. The number of hydrogen-bond acceptors (Lipinski definition) is 4. The van der Waals surface area contributed by atoms with Crippen LogP contribution in [-0.4, -0.2) is 26.5 Å². The zero-order chi connectivity index (χ0) is 12.0. The van der Waals surface area contributed by atoms with Gasteiger partial charge in [0.2, 0.25) is 0 Å². The van der Waals surface area contributed by atoms with Gasteiger partial charge in [-0.3, -0.25) is 0 Å². The summed E-state index contributed by atoms with van der Waals surface area (Å²) in [6.07, 6.45) is 3.73. The topological polar surface area (TPSA) is 127 Å². The molecule has 0 aromatic heterocycles. The van der Waals surface area contributed by atoms with Gasteiger partial charge in [-0.25, -0.2) is 0 Å². The minimum Gasteiger partial charge on any atom is -0.328 e. The largest absolute Gasteiger partial charge is 0.328 e. The second-order valence-corrected chi connectivity index (χ2v) is 2.25. The Morgan fingerprint density at radius 2 is 1.43 bits per heavy atom. The Kier molecular flexibility index (Phi) is 23.3. The van der Waals surface area contributed by atoms with Crippen molar-refractivity contribution in [3.8, 4) is 0 Å². The SMILES string of the molecule is CCCCCCl.O=[N+]([O-])O.O=[N+]([O-])O. The smallest absolute Gasteiger partial charge is 0.291 e. The van der Waals surface area contributed by atoms with Crippen molar-refractivity contribution in [1.29, 1.82) is 0 Å². The standard InChI is InChI=1S/C5H11Cl.2HNO3/c1-2-3-4-5-6;2*2-1(3)4/h2-5H2,1H3;2*(H,2,3,4). The van der Waals surface area contributed by atoms with E-state index >= 15 is 0 Å². The van der Waals surface area contributed by atoms with E-state index < -0.39 is 10.2 Å². The zero-order valence-electron chi connectivity index (χ0n) is 7.63. The van der Waals surface area contributed by atoms with Crippen LogP contribution < -0.4 is 0 Å². The lowest BCUT2D eigenvalue weighted by molar-refractivity contribution is -0.742. The van der Waals surface area contributed by atoms with Gasteiger partial charge in [-0.15, -0.1) is 31.8 Å². The minimum absolute atomic E-state index is 0.827. The molecule has 0 unspecified atom stereocenters. The normalized spacial score (nSPS) is 7.29. The Bertz CT molecular complexity index is 120. The molecule has 0 spiro atoms. The molecule has 0 aliphatic heterocycles. The Labute approximate surface area is 85.3 Å². The number of halogens is 1. The van der Waals surface area contributed by atoms with Crippen molar-refractivity contribution in [2.24, 2.45) is 0 Å². The van der Waals surface area contributed by atoms with E-state index in [1.807, 2.05) is 0 Å². The summed E-state index contributed by atoms with van der Waals surface area (Å²) >= 11 is 5.38. The van der Waals surface area contributed by atoms with Gasteiger partial charge in [-0.05, 0) is 6.42 Å². The monoisotopic (exact) mass is 232 g/mol. The molecule has 0 saturated heterocycles. The minimum atomic E-state index is -1.50. The first-order chi connectivity index (χ1) is 6.38. The summed E-state index contributed by atoms with van der Waals surface area (Å²) in [5, 5.41) is 27.3. The highest BCUT2D eigenvalue weighted by molar-refractivity contribution is 6.17. The van der Waals surface area contributed by atoms with Crippen molar-refractivity contribution in [2.75, 3.05) is 5.88 Å². The lowest BCUT2D eigenvalue weighted by Crippen LogP contribution is -1.81. The van der Waals surface area contributed by atoms with Crippen molar-refractivity contribution in [3.63, 3.8) is 0 Å². The summed E-state index contributed by atoms with van der Waals surface area (Å²) < 4.78 is 0. The summed E-state index contributed by atoms with van der Waals surface area (Å²) in [7, 11) is 0. The van der Waals surface area contributed by atoms with Gasteiger partial charge in [0.25, 0.3) is 10.2 Å². The third-order valence-corrected chi connectivity index (χ3v) is 1.00. The van der Waals surface area contributed by atoms with Crippen LogP contribution in [0.25, 0.3) is 0 Å². The van der Waals surface area contributed by atoms with E-state index in [4.69, 9.17) is 42.2 Å². The first kappa shape index (κ1) is 18.5. The quantitative estimate of drug-likeness (QED) is 0.330. The molecule has 2 N–H and O–H groups in total. The number of rotatable bonds is 3. The summed E-state index contributed by atoms with van der Waals surface area (Å²) in [6.45, 7) is 2.17. The molecule has 0 saturated carbocycles.